The molecule has 0 spiro atoms. The molecule has 3 aromatic rings. The first kappa shape index (κ1) is 28.4. The van der Waals surface area contributed by atoms with Gasteiger partial charge < -0.3 is 31.4 Å². The Kier molecular flexibility index (Phi) is 8.36. The Labute approximate surface area is 237 Å². The van der Waals surface area contributed by atoms with Crippen molar-refractivity contribution in [2.45, 2.75) is 69.2 Å². The zero-order chi connectivity index (χ0) is 28.3. The van der Waals surface area contributed by atoms with E-state index >= 15 is 0 Å². The molecule has 2 aliphatic carbocycles. The minimum atomic E-state index is -1.34. The normalized spacial score (nSPS) is 30.6. The van der Waals surface area contributed by atoms with Gasteiger partial charge >= 0.3 is 0 Å². The van der Waals surface area contributed by atoms with E-state index in [0.717, 1.165) is 36.0 Å². The van der Waals surface area contributed by atoms with E-state index in [1.54, 1.807) is 0 Å². The molecule has 7 nitrogen and oxygen atoms in total. The van der Waals surface area contributed by atoms with E-state index in [-0.39, 0.29) is 24.2 Å². The van der Waals surface area contributed by atoms with Crippen molar-refractivity contribution < 1.29 is 15.3 Å². The van der Waals surface area contributed by atoms with Crippen LogP contribution in [0, 0.1) is 17.8 Å². The lowest BCUT2D eigenvalue weighted by Crippen LogP contribution is -2.47. The van der Waals surface area contributed by atoms with E-state index in [1.807, 2.05) is 37.3 Å². The summed E-state index contributed by atoms with van der Waals surface area (Å²) in [6.07, 6.45) is 3.40. The summed E-state index contributed by atoms with van der Waals surface area (Å²) < 4.78 is 0. The zero-order valence-corrected chi connectivity index (χ0v) is 23.5. The number of guanidine groups is 1. The summed E-state index contributed by atoms with van der Waals surface area (Å²) in [5.74, 6) is 0.0228. The Morgan fingerprint density at radius 1 is 1.10 bits per heavy atom. The molecule has 0 aliphatic heterocycles. The molecule has 2 fully saturated rings. The number of aliphatic imine (C=N–C) groups is 1. The highest BCUT2D eigenvalue weighted by Gasteiger charge is 2.59. The van der Waals surface area contributed by atoms with Crippen molar-refractivity contribution in [3.63, 3.8) is 0 Å². The van der Waals surface area contributed by atoms with E-state index in [1.165, 1.54) is 10.9 Å². The van der Waals surface area contributed by atoms with Crippen LogP contribution in [0.2, 0.25) is 0 Å². The van der Waals surface area contributed by atoms with Crippen LogP contribution in [0.5, 0.6) is 0 Å². The second-order valence-corrected chi connectivity index (χ2v) is 12.2. The molecule has 6 unspecified atom stereocenters. The van der Waals surface area contributed by atoms with E-state index in [9.17, 15) is 15.3 Å². The topological polar surface area (TPSA) is 127 Å². The lowest BCUT2D eigenvalue weighted by molar-refractivity contribution is -0.0991. The van der Waals surface area contributed by atoms with Gasteiger partial charge in [0.1, 0.15) is 0 Å². The summed E-state index contributed by atoms with van der Waals surface area (Å²) in [4.78, 5) is 7.95. The minimum Gasteiger partial charge on any atom is -0.390 e. The van der Waals surface area contributed by atoms with Crippen LogP contribution in [-0.4, -0.2) is 56.7 Å². The molecule has 2 aromatic carbocycles. The van der Waals surface area contributed by atoms with Crippen LogP contribution in [0.3, 0.4) is 0 Å². The summed E-state index contributed by atoms with van der Waals surface area (Å²) in [6.45, 7) is 7.28. The molecule has 1 aromatic heterocycles. The smallest absolute Gasteiger partial charge is 0.188 e. The summed E-state index contributed by atoms with van der Waals surface area (Å²) in [7, 11) is 0. The molecule has 0 radical (unpaired) electrons. The first-order chi connectivity index (χ1) is 19.2. The van der Waals surface area contributed by atoms with Crippen molar-refractivity contribution in [3.05, 3.63) is 84.1 Å². The molecule has 1 heterocycles. The standard InChI is InChI=1S/C33H44N4O3/c1-22(18-26-19-25-10-6-7-11-29(25)37-26)24-12-14-32(2,39)27-21-30(38)33(40,28(27)20-24)15-17-36-31(34)35-16-13-23-8-4-3-5-9-23/h3-11,19,24,27-28,30,37-40H,1,12-18,20-21H2,2H3,(H3,34,35,36). The maximum Gasteiger partial charge on any atom is 0.188 e. The van der Waals surface area contributed by atoms with Crippen LogP contribution in [0.4, 0.5) is 0 Å². The van der Waals surface area contributed by atoms with E-state index in [2.05, 4.69) is 52.2 Å². The third-order valence-corrected chi connectivity index (χ3v) is 9.46. The van der Waals surface area contributed by atoms with Gasteiger partial charge in [-0.15, -0.1) is 0 Å². The number of nitrogens with two attached hydrogens (primary N) is 1. The van der Waals surface area contributed by atoms with Crippen LogP contribution in [-0.2, 0) is 12.8 Å². The second-order valence-electron chi connectivity index (χ2n) is 12.2. The van der Waals surface area contributed by atoms with Gasteiger partial charge in [-0.2, -0.15) is 0 Å². The summed E-state index contributed by atoms with van der Waals surface area (Å²) in [6, 6.07) is 20.6. The van der Waals surface area contributed by atoms with Crippen molar-refractivity contribution in [2.24, 2.45) is 28.5 Å². The van der Waals surface area contributed by atoms with Crippen LogP contribution < -0.4 is 11.1 Å². The Balaban J connectivity index is 1.24. The largest absolute Gasteiger partial charge is 0.390 e. The summed E-state index contributed by atoms with van der Waals surface area (Å²) in [5, 5.41) is 38.8. The fourth-order valence-corrected chi connectivity index (χ4v) is 7.07. The Hall–Kier alpha value is -3.13. The van der Waals surface area contributed by atoms with E-state index in [4.69, 9.17) is 5.73 Å². The Bertz CT molecular complexity index is 1300. The lowest BCUT2D eigenvalue weighted by atomic mass is 9.73. The number of para-hydroxylation sites is 1. The van der Waals surface area contributed by atoms with Gasteiger partial charge in [0.05, 0.1) is 17.3 Å². The number of aliphatic hydroxyl groups is 3. The molecule has 0 saturated heterocycles. The number of hydrogen-bond donors (Lipinski definition) is 6. The number of nitrogens with one attached hydrogen (secondary N) is 2. The predicted octanol–water partition coefficient (Wildman–Crippen LogP) is 4.08. The molecule has 2 aliphatic rings. The highest BCUT2D eigenvalue weighted by molar-refractivity contribution is 5.80. The number of nitrogens with zero attached hydrogens (tertiary/aromatic N) is 1. The minimum absolute atomic E-state index is 0.137. The van der Waals surface area contributed by atoms with Gasteiger partial charge in [-0.3, -0.25) is 4.99 Å². The molecule has 5 rings (SSSR count). The van der Waals surface area contributed by atoms with Crippen LogP contribution in [0.25, 0.3) is 10.9 Å². The number of benzene rings is 2. The average molecular weight is 545 g/mol. The number of aliphatic hydroxyl groups excluding tert-OH is 1. The highest BCUT2D eigenvalue weighted by atomic mass is 16.3. The van der Waals surface area contributed by atoms with Gasteiger partial charge in [0.25, 0.3) is 0 Å². The van der Waals surface area contributed by atoms with E-state index < -0.39 is 17.3 Å². The number of aromatic nitrogens is 1. The van der Waals surface area contributed by atoms with Gasteiger partial charge in [0, 0.05) is 30.7 Å². The molecule has 2 saturated carbocycles. The summed E-state index contributed by atoms with van der Waals surface area (Å²) in [5.41, 5.74) is 8.34. The van der Waals surface area contributed by atoms with Gasteiger partial charge in [0.15, 0.2) is 5.96 Å². The Morgan fingerprint density at radius 2 is 1.85 bits per heavy atom. The van der Waals surface area contributed by atoms with Crippen LogP contribution in [0.1, 0.15) is 50.3 Å². The van der Waals surface area contributed by atoms with E-state index in [0.29, 0.717) is 38.3 Å². The van der Waals surface area contributed by atoms with Gasteiger partial charge in [-0.25, -0.2) is 0 Å². The molecular formula is C33H44N4O3. The highest BCUT2D eigenvalue weighted by Crippen LogP contribution is 2.54. The monoisotopic (exact) mass is 544 g/mol. The maximum absolute atomic E-state index is 11.9. The average Bonchev–Trinajstić information content (AvgIpc) is 3.40. The number of H-pyrrole nitrogens is 1. The number of hydrogen-bond acceptors (Lipinski definition) is 4. The molecule has 214 valence electrons. The van der Waals surface area contributed by atoms with Crippen molar-refractivity contribution in [1.29, 1.82) is 0 Å². The predicted molar refractivity (Wildman–Crippen MR) is 161 cm³/mol. The first-order valence-corrected chi connectivity index (χ1v) is 14.6. The summed E-state index contributed by atoms with van der Waals surface area (Å²) >= 11 is 0. The van der Waals surface area contributed by atoms with Crippen molar-refractivity contribution in [3.8, 4) is 0 Å². The molecule has 0 amide bonds. The van der Waals surface area contributed by atoms with Crippen molar-refractivity contribution in [2.75, 3.05) is 13.1 Å². The first-order valence-electron chi connectivity index (χ1n) is 14.6. The number of fused-ring (bicyclic) bond motifs is 2. The third kappa shape index (κ3) is 6.12. The van der Waals surface area contributed by atoms with Crippen LogP contribution >= 0.6 is 0 Å². The zero-order valence-electron chi connectivity index (χ0n) is 23.5. The fraction of sp³-hybridized carbons (Fsp3) is 0.485. The van der Waals surface area contributed by atoms with Gasteiger partial charge in [0.2, 0.25) is 0 Å². The maximum atomic E-state index is 11.9. The second kappa shape index (κ2) is 11.8. The molecular weight excluding hydrogens is 500 g/mol. The number of allylic oxidation sites excluding steroid dienone is 1. The molecule has 6 atom stereocenters. The number of rotatable bonds is 9. The molecule has 7 N–H and O–H groups in total. The quantitative estimate of drug-likeness (QED) is 0.137. The lowest BCUT2D eigenvalue weighted by Gasteiger charge is -2.38. The molecule has 0 bridgehead atoms. The van der Waals surface area contributed by atoms with Crippen molar-refractivity contribution in [1.82, 2.24) is 10.3 Å². The molecule has 40 heavy (non-hydrogen) atoms. The molecule has 7 heteroatoms. The van der Waals surface area contributed by atoms with Crippen molar-refractivity contribution >= 4 is 16.9 Å². The number of aromatic amines is 1. The van der Waals surface area contributed by atoms with Gasteiger partial charge in [-0.05, 0) is 86.3 Å². The Morgan fingerprint density at radius 3 is 2.62 bits per heavy atom. The third-order valence-electron chi connectivity index (χ3n) is 9.46. The SMILES string of the molecule is C=C(Cc1cc2ccccc2[nH]1)C1CCC(C)(O)C2CC(O)C(O)(CCN=C(N)NCCc3ccccc3)C2C1. The van der Waals surface area contributed by atoms with Gasteiger partial charge in [-0.1, -0.05) is 60.7 Å². The van der Waals surface area contributed by atoms with Crippen LogP contribution in [0.15, 0.2) is 77.8 Å². The fourth-order valence-electron chi connectivity index (χ4n) is 7.07.